The molecule has 0 N–H and O–H groups in total. The van der Waals surface area contributed by atoms with Gasteiger partial charge in [-0.2, -0.15) is 0 Å². The van der Waals surface area contributed by atoms with Crippen LogP contribution in [0.25, 0.3) is 6.08 Å². The van der Waals surface area contributed by atoms with Crippen molar-refractivity contribution in [1.82, 2.24) is 0 Å². The first kappa shape index (κ1) is 11.2. The minimum Gasteiger partial charge on any atom is -0.435 e. The first-order valence-electron chi connectivity index (χ1n) is 4.78. The van der Waals surface area contributed by atoms with E-state index in [1.54, 1.807) is 13.0 Å². The van der Waals surface area contributed by atoms with Crippen LogP contribution in [0.2, 0.25) is 0 Å². The van der Waals surface area contributed by atoms with Gasteiger partial charge in [0.2, 0.25) is 0 Å². The fourth-order valence-electron chi connectivity index (χ4n) is 1.09. The summed E-state index contributed by atoms with van der Waals surface area (Å²) in [6, 6.07) is 9.80. The molecule has 1 aromatic carbocycles. The number of hydrogen-bond acceptors (Lipinski definition) is 2. The highest BCUT2D eigenvalue weighted by Gasteiger charge is 2.08. The lowest BCUT2D eigenvalue weighted by Gasteiger charge is -2.02. The topological polar surface area (TPSA) is 26.3 Å². The van der Waals surface area contributed by atoms with Gasteiger partial charge in [-0.25, -0.2) is 0 Å². The van der Waals surface area contributed by atoms with Crippen molar-refractivity contribution in [3.8, 4) is 0 Å². The normalized spacial score (nSPS) is 12.3. The highest BCUT2D eigenvalue weighted by molar-refractivity contribution is 5.75. The van der Waals surface area contributed by atoms with Crippen LogP contribution < -0.4 is 0 Å². The third-order valence-corrected chi connectivity index (χ3v) is 1.95. The molecule has 15 heavy (non-hydrogen) atoms. The van der Waals surface area contributed by atoms with Gasteiger partial charge >= 0.3 is 5.97 Å². The van der Waals surface area contributed by atoms with Gasteiger partial charge in [0.1, 0.15) is 0 Å². The zero-order chi connectivity index (χ0) is 11.1. The van der Waals surface area contributed by atoms with Gasteiger partial charge < -0.3 is 4.74 Å². The molecule has 0 radical (unpaired) electrons. The van der Waals surface area contributed by atoms with Gasteiger partial charge in [0, 0.05) is 0 Å². The largest absolute Gasteiger partial charge is 0.435 e. The molecule has 0 spiro atoms. The maximum absolute atomic E-state index is 11.2. The Labute approximate surface area is 89.9 Å². The van der Waals surface area contributed by atoms with E-state index < -0.39 is 0 Å². The summed E-state index contributed by atoms with van der Waals surface area (Å²) < 4.78 is 4.67. The molecular weight excluding hydrogens is 188 g/mol. The van der Waals surface area contributed by atoms with Gasteiger partial charge in [0.25, 0.3) is 0 Å². The van der Waals surface area contributed by atoms with Crippen molar-refractivity contribution in [3.63, 3.8) is 0 Å². The van der Waals surface area contributed by atoms with Crippen LogP contribution in [0.5, 0.6) is 0 Å². The SMILES string of the molecule is C=COC(=O)C(C)C=Cc1ccccc1. The Balaban J connectivity index is 2.58. The van der Waals surface area contributed by atoms with Gasteiger partial charge in [-0.15, -0.1) is 0 Å². The van der Waals surface area contributed by atoms with Gasteiger partial charge in [-0.3, -0.25) is 4.79 Å². The summed E-state index contributed by atoms with van der Waals surface area (Å²) in [6.07, 6.45) is 4.85. The Bertz CT molecular complexity index is 352. The van der Waals surface area contributed by atoms with Crippen LogP contribution in [0, 0.1) is 5.92 Å². The molecule has 2 nitrogen and oxygen atoms in total. The van der Waals surface area contributed by atoms with Gasteiger partial charge in [0.15, 0.2) is 0 Å². The number of hydrogen-bond donors (Lipinski definition) is 0. The predicted molar refractivity (Wildman–Crippen MR) is 60.9 cm³/mol. The number of carbonyl (C=O) groups excluding carboxylic acids is 1. The van der Waals surface area contributed by atoms with Crippen molar-refractivity contribution < 1.29 is 9.53 Å². The molecule has 0 aromatic heterocycles. The Morgan fingerprint density at radius 1 is 1.40 bits per heavy atom. The first-order valence-corrected chi connectivity index (χ1v) is 4.78. The molecule has 1 rings (SSSR count). The summed E-state index contributed by atoms with van der Waals surface area (Å²) in [7, 11) is 0. The molecule has 0 aliphatic carbocycles. The summed E-state index contributed by atoms with van der Waals surface area (Å²) in [6.45, 7) is 5.12. The third-order valence-electron chi connectivity index (χ3n) is 1.95. The zero-order valence-corrected chi connectivity index (χ0v) is 8.72. The lowest BCUT2D eigenvalue weighted by Crippen LogP contribution is -2.08. The first-order chi connectivity index (χ1) is 7.24. The summed E-state index contributed by atoms with van der Waals surface area (Å²) in [5.74, 6) is -0.555. The molecule has 78 valence electrons. The lowest BCUT2D eigenvalue weighted by molar-refractivity contribution is -0.140. The minimum absolute atomic E-state index is 0.261. The molecule has 0 aliphatic rings. The van der Waals surface area contributed by atoms with Crippen LogP contribution in [0.3, 0.4) is 0 Å². The third kappa shape index (κ3) is 3.81. The Morgan fingerprint density at radius 2 is 2.07 bits per heavy atom. The van der Waals surface area contributed by atoms with Gasteiger partial charge in [0.05, 0.1) is 12.2 Å². The van der Waals surface area contributed by atoms with Crippen molar-refractivity contribution in [1.29, 1.82) is 0 Å². The molecule has 0 saturated heterocycles. The molecule has 0 saturated carbocycles. The van der Waals surface area contributed by atoms with E-state index in [0.29, 0.717) is 0 Å². The smallest absolute Gasteiger partial charge is 0.317 e. The Kier molecular flexibility index (Phi) is 4.35. The molecule has 0 heterocycles. The van der Waals surface area contributed by atoms with Crippen LogP contribution >= 0.6 is 0 Å². The lowest BCUT2D eigenvalue weighted by atomic mass is 10.1. The van der Waals surface area contributed by atoms with Crippen molar-refractivity contribution in [2.24, 2.45) is 5.92 Å². The Morgan fingerprint density at radius 3 is 2.67 bits per heavy atom. The monoisotopic (exact) mass is 202 g/mol. The average Bonchev–Trinajstić information content (AvgIpc) is 2.27. The molecule has 1 unspecified atom stereocenters. The van der Waals surface area contributed by atoms with Crippen molar-refractivity contribution in [3.05, 3.63) is 54.8 Å². The molecule has 2 heteroatoms. The molecule has 0 amide bonds. The standard InChI is InChI=1S/C13H14O2/c1-3-15-13(14)11(2)9-10-12-7-5-4-6-8-12/h3-11H,1H2,2H3. The van der Waals surface area contributed by atoms with Crippen molar-refractivity contribution in [2.75, 3.05) is 0 Å². The molecule has 1 aromatic rings. The van der Waals surface area contributed by atoms with E-state index in [1.165, 1.54) is 0 Å². The molecule has 1 atom stereocenters. The average molecular weight is 202 g/mol. The molecule has 0 aliphatic heterocycles. The Hall–Kier alpha value is -1.83. The van der Waals surface area contributed by atoms with E-state index >= 15 is 0 Å². The highest BCUT2D eigenvalue weighted by atomic mass is 16.5. The second-order valence-electron chi connectivity index (χ2n) is 3.16. The highest BCUT2D eigenvalue weighted by Crippen LogP contribution is 2.06. The molecule has 0 fully saturated rings. The maximum Gasteiger partial charge on any atom is 0.317 e. The maximum atomic E-state index is 11.2. The van der Waals surface area contributed by atoms with Crippen LogP contribution in [0.15, 0.2) is 49.2 Å². The minimum atomic E-state index is -0.294. The van der Waals surface area contributed by atoms with Crippen LogP contribution in [0.4, 0.5) is 0 Å². The number of benzene rings is 1. The number of carbonyl (C=O) groups is 1. The predicted octanol–water partition coefficient (Wildman–Crippen LogP) is 3.02. The quantitative estimate of drug-likeness (QED) is 0.554. The summed E-state index contributed by atoms with van der Waals surface area (Å²) in [5.41, 5.74) is 1.07. The zero-order valence-electron chi connectivity index (χ0n) is 8.72. The van der Waals surface area contributed by atoms with E-state index in [9.17, 15) is 4.79 Å². The fraction of sp³-hybridized carbons (Fsp3) is 0.154. The number of esters is 1. The summed E-state index contributed by atoms with van der Waals surface area (Å²) in [5, 5.41) is 0. The second kappa shape index (κ2) is 5.81. The van der Waals surface area contributed by atoms with Crippen molar-refractivity contribution in [2.45, 2.75) is 6.92 Å². The van der Waals surface area contributed by atoms with E-state index in [4.69, 9.17) is 0 Å². The van der Waals surface area contributed by atoms with Crippen molar-refractivity contribution >= 4 is 12.0 Å². The van der Waals surface area contributed by atoms with E-state index in [1.807, 2.05) is 36.4 Å². The van der Waals surface area contributed by atoms with E-state index in [-0.39, 0.29) is 11.9 Å². The number of rotatable bonds is 4. The summed E-state index contributed by atoms with van der Waals surface area (Å²) in [4.78, 5) is 11.2. The number of ether oxygens (including phenoxy) is 1. The van der Waals surface area contributed by atoms with Crippen LogP contribution in [-0.4, -0.2) is 5.97 Å². The second-order valence-corrected chi connectivity index (χ2v) is 3.16. The van der Waals surface area contributed by atoms with E-state index in [2.05, 4.69) is 11.3 Å². The van der Waals surface area contributed by atoms with Crippen LogP contribution in [0.1, 0.15) is 12.5 Å². The molecule has 0 bridgehead atoms. The van der Waals surface area contributed by atoms with Gasteiger partial charge in [-0.1, -0.05) is 49.1 Å². The van der Waals surface area contributed by atoms with E-state index in [0.717, 1.165) is 11.8 Å². The fourth-order valence-corrected chi connectivity index (χ4v) is 1.09. The van der Waals surface area contributed by atoms with Gasteiger partial charge in [-0.05, 0) is 12.5 Å². The summed E-state index contributed by atoms with van der Waals surface area (Å²) >= 11 is 0. The van der Waals surface area contributed by atoms with Crippen LogP contribution in [-0.2, 0) is 9.53 Å². The molecular formula is C13H14O2.